The van der Waals surface area contributed by atoms with Crippen molar-refractivity contribution in [3.63, 3.8) is 0 Å². The molecule has 0 radical (unpaired) electrons. The van der Waals surface area contributed by atoms with E-state index in [1.807, 2.05) is 25.1 Å². The van der Waals surface area contributed by atoms with Crippen LogP contribution in [0.25, 0.3) is 11.4 Å². The van der Waals surface area contributed by atoms with Crippen LogP contribution in [0.3, 0.4) is 0 Å². The fourth-order valence-corrected chi connectivity index (χ4v) is 2.44. The van der Waals surface area contributed by atoms with E-state index in [4.69, 9.17) is 14.0 Å². The zero-order valence-corrected chi connectivity index (χ0v) is 13.5. The molecule has 1 aromatic heterocycles. The van der Waals surface area contributed by atoms with Crippen molar-refractivity contribution in [3.8, 4) is 22.9 Å². The quantitative estimate of drug-likeness (QED) is 0.788. The summed E-state index contributed by atoms with van der Waals surface area (Å²) in [5, 5.41) is 6.70. The summed E-state index contributed by atoms with van der Waals surface area (Å²) in [5.74, 6) is 1.91. The van der Waals surface area contributed by atoms with E-state index >= 15 is 0 Å². The van der Waals surface area contributed by atoms with Crippen LogP contribution < -0.4 is 14.8 Å². The Balaban J connectivity index is 1.43. The summed E-state index contributed by atoms with van der Waals surface area (Å²) in [6, 6.07) is 12.7. The maximum atomic E-state index is 12.1. The number of hydrogen-bond acceptors (Lipinski definition) is 6. The average molecular weight is 337 g/mol. The number of aromatic nitrogens is 2. The predicted molar refractivity (Wildman–Crippen MR) is 88.2 cm³/mol. The minimum atomic E-state index is -0.192. The molecule has 0 atom stereocenters. The molecule has 0 aliphatic carbocycles. The number of nitrogens with one attached hydrogen (secondary N) is 1. The lowest BCUT2D eigenvalue weighted by atomic mass is 10.1. The lowest BCUT2D eigenvalue weighted by molar-refractivity contribution is 0.0946. The Bertz CT molecular complexity index is 918. The highest BCUT2D eigenvalue weighted by atomic mass is 16.7. The Hall–Kier alpha value is -3.35. The van der Waals surface area contributed by atoms with Crippen molar-refractivity contribution in [3.05, 3.63) is 59.5 Å². The highest BCUT2D eigenvalue weighted by molar-refractivity contribution is 5.94. The molecule has 0 fully saturated rings. The molecule has 126 valence electrons. The van der Waals surface area contributed by atoms with E-state index in [0.717, 1.165) is 11.1 Å². The van der Waals surface area contributed by atoms with Crippen LogP contribution in [0.15, 0.2) is 47.0 Å². The molecule has 1 aliphatic heterocycles. The molecular weight excluding hydrogens is 322 g/mol. The maximum Gasteiger partial charge on any atom is 0.251 e. The van der Waals surface area contributed by atoms with Crippen LogP contribution in [0.5, 0.6) is 11.5 Å². The first-order valence-corrected chi connectivity index (χ1v) is 7.76. The van der Waals surface area contributed by atoms with Gasteiger partial charge in [-0.1, -0.05) is 22.9 Å². The number of carbonyl (C=O) groups excluding carboxylic acids is 1. The van der Waals surface area contributed by atoms with Gasteiger partial charge in [0, 0.05) is 11.1 Å². The monoisotopic (exact) mass is 337 g/mol. The summed E-state index contributed by atoms with van der Waals surface area (Å²) < 4.78 is 15.8. The molecule has 0 spiro atoms. The number of ether oxygens (including phenoxy) is 2. The Morgan fingerprint density at radius 1 is 1.12 bits per heavy atom. The minimum Gasteiger partial charge on any atom is -0.454 e. The molecule has 0 bridgehead atoms. The molecule has 2 heterocycles. The number of rotatable bonds is 4. The zero-order valence-electron chi connectivity index (χ0n) is 13.5. The van der Waals surface area contributed by atoms with Gasteiger partial charge in [-0.2, -0.15) is 4.98 Å². The van der Waals surface area contributed by atoms with Crippen LogP contribution in [0.2, 0.25) is 0 Å². The summed E-state index contributed by atoms with van der Waals surface area (Å²) in [6.07, 6.45) is 0. The molecule has 2 aromatic carbocycles. The van der Waals surface area contributed by atoms with Gasteiger partial charge < -0.3 is 19.3 Å². The van der Waals surface area contributed by atoms with Gasteiger partial charge in [0.25, 0.3) is 5.91 Å². The van der Waals surface area contributed by atoms with E-state index < -0.39 is 0 Å². The third kappa shape index (κ3) is 3.16. The fraction of sp³-hybridized carbons (Fsp3) is 0.167. The predicted octanol–water partition coefficient (Wildman–Crippen LogP) is 2.70. The van der Waals surface area contributed by atoms with E-state index in [-0.39, 0.29) is 19.2 Å². The van der Waals surface area contributed by atoms with Gasteiger partial charge in [0.15, 0.2) is 11.5 Å². The standard InChI is InChI=1S/C18H15N3O4/c1-11-2-4-12(5-3-11)18(22)19-9-16-20-17(21-25-16)13-6-7-14-15(8-13)24-10-23-14/h2-8H,9-10H2,1H3,(H,19,22). The normalized spacial score (nSPS) is 12.2. The molecule has 7 nitrogen and oxygen atoms in total. The number of fused-ring (bicyclic) bond motifs is 1. The number of hydrogen-bond donors (Lipinski definition) is 1. The van der Waals surface area contributed by atoms with Crippen molar-refractivity contribution < 1.29 is 18.8 Å². The first kappa shape index (κ1) is 15.2. The van der Waals surface area contributed by atoms with Crippen LogP contribution in [-0.4, -0.2) is 22.8 Å². The lowest BCUT2D eigenvalue weighted by Gasteiger charge is -2.02. The molecule has 7 heteroatoms. The van der Waals surface area contributed by atoms with E-state index in [2.05, 4.69) is 15.5 Å². The Morgan fingerprint density at radius 2 is 1.92 bits per heavy atom. The summed E-state index contributed by atoms with van der Waals surface area (Å²) in [7, 11) is 0. The lowest BCUT2D eigenvalue weighted by Crippen LogP contribution is -2.22. The molecule has 0 unspecified atom stereocenters. The number of nitrogens with zero attached hydrogens (tertiary/aromatic N) is 2. The van der Waals surface area contributed by atoms with Gasteiger partial charge in [0.1, 0.15) is 0 Å². The smallest absolute Gasteiger partial charge is 0.251 e. The summed E-state index contributed by atoms with van der Waals surface area (Å²) in [4.78, 5) is 16.4. The Morgan fingerprint density at radius 3 is 2.76 bits per heavy atom. The Kier molecular flexibility index (Phi) is 3.81. The van der Waals surface area contributed by atoms with Crippen molar-refractivity contribution >= 4 is 5.91 Å². The molecule has 4 rings (SSSR count). The fourth-order valence-electron chi connectivity index (χ4n) is 2.44. The van der Waals surface area contributed by atoms with Crippen molar-refractivity contribution in [2.24, 2.45) is 0 Å². The molecule has 3 aromatic rings. The van der Waals surface area contributed by atoms with Crippen LogP contribution in [0.1, 0.15) is 21.8 Å². The zero-order chi connectivity index (χ0) is 17.2. The third-order valence-corrected chi connectivity index (χ3v) is 3.81. The molecular formula is C18H15N3O4. The molecule has 0 saturated heterocycles. The maximum absolute atomic E-state index is 12.1. The second kappa shape index (κ2) is 6.27. The van der Waals surface area contributed by atoms with Gasteiger partial charge in [-0.3, -0.25) is 4.79 Å². The van der Waals surface area contributed by atoms with Crippen molar-refractivity contribution in [1.29, 1.82) is 0 Å². The highest BCUT2D eigenvalue weighted by Gasteiger charge is 2.16. The number of aryl methyl sites for hydroxylation is 1. The summed E-state index contributed by atoms with van der Waals surface area (Å²) >= 11 is 0. The van der Waals surface area contributed by atoms with Crippen LogP contribution >= 0.6 is 0 Å². The molecule has 1 amide bonds. The SMILES string of the molecule is Cc1ccc(C(=O)NCc2nc(-c3ccc4c(c3)OCO4)no2)cc1. The van der Waals surface area contributed by atoms with Crippen LogP contribution in [0.4, 0.5) is 0 Å². The average Bonchev–Trinajstić information content (AvgIpc) is 3.28. The molecule has 1 N–H and O–H groups in total. The van der Waals surface area contributed by atoms with E-state index in [9.17, 15) is 4.79 Å². The van der Waals surface area contributed by atoms with Crippen molar-refractivity contribution in [2.75, 3.05) is 6.79 Å². The van der Waals surface area contributed by atoms with E-state index in [0.29, 0.717) is 28.8 Å². The number of carbonyl (C=O) groups is 1. The summed E-state index contributed by atoms with van der Waals surface area (Å²) in [5.41, 5.74) is 2.44. The van der Waals surface area contributed by atoms with Gasteiger partial charge in [-0.05, 0) is 37.3 Å². The van der Waals surface area contributed by atoms with Crippen molar-refractivity contribution in [1.82, 2.24) is 15.5 Å². The first-order valence-electron chi connectivity index (χ1n) is 7.76. The Labute approximate surface area is 143 Å². The van der Waals surface area contributed by atoms with E-state index in [1.165, 1.54) is 0 Å². The number of amides is 1. The molecule has 25 heavy (non-hydrogen) atoms. The second-order valence-corrected chi connectivity index (χ2v) is 5.63. The molecule has 0 saturated carbocycles. The van der Waals surface area contributed by atoms with Gasteiger partial charge >= 0.3 is 0 Å². The largest absolute Gasteiger partial charge is 0.454 e. The van der Waals surface area contributed by atoms with Gasteiger partial charge in [-0.15, -0.1) is 0 Å². The van der Waals surface area contributed by atoms with Gasteiger partial charge in [0.2, 0.25) is 18.5 Å². The van der Waals surface area contributed by atoms with Crippen LogP contribution in [-0.2, 0) is 6.54 Å². The third-order valence-electron chi connectivity index (χ3n) is 3.81. The second-order valence-electron chi connectivity index (χ2n) is 5.63. The van der Waals surface area contributed by atoms with E-state index in [1.54, 1.807) is 24.3 Å². The number of benzene rings is 2. The highest BCUT2D eigenvalue weighted by Crippen LogP contribution is 2.35. The van der Waals surface area contributed by atoms with Gasteiger partial charge in [0.05, 0.1) is 6.54 Å². The first-order chi connectivity index (χ1) is 12.2. The van der Waals surface area contributed by atoms with Gasteiger partial charge in [-0.25, -0.2) is 0 Å². The topological polar surface area (TPSA) is 86.5 Å². The van der Waals surface area contributed by atoms with Crippen molar-refractivity contribution in [2.45, 2.75) is 13.5 Å². The minimum absolute atomic E-state index is 0.157. The summed E-state index contributed by atoms with van der Waals surface area (Å²) in [6.45, 7) is 2.34. The van der Waals surface area contributed by atoms with Crippen LogP contribution in [0, 0.1) is 6.92 Å². The molecule has 1 aliphatic rings.